The molecule has 274 valence electrons. The number of unbranched alkanes of at least 4 members (excludes halogenated alkanes) is 1. The number of aliphatic carboxylic acids is 1. The van der Waals surface area contributed by atoms with Gasteiger partial charge in [-0.1, -0.05) is 20.3 Å². The smallest absolute Gasteiger partial charge is 0.328 e. The molecule has 1 rings (SSSR count). The van der Waals surface area contributed by atoms with Crippen LogP contribution in [0.5, 0.6) is 0 Å². The molecule has 1 saturated heterocycles. The van der Waals surface area contributed by atoms with Gasteiger partial charge >= 0.3 is 5.97 Å². The van der Waals surface area contributed by atoms with Gasteiger partial charge in [0.05, 0.1) is 25.9 Å². The van der Waals surface area contributed by atoms with Gasteiger partial charge in [0.15, 0.2) is 0 Å². The van der Waals surface area contributed by atoms with Gasteiger partial charge in [-0.3, -0.25) is 28.8 Å². The van der Waals surface area contributed by atoms with E-state index in [-0.39, 0.29) is 19.4 Å². The molecule has 0 saturated carbocycles. The number of likely N-dealkylation sites (tertiary alicyclic amines) is 1. The van der Waals surface area contributed by atoms with E-state index in [1.807, 2.05) is 0 Å². The van der Waals surface area contributed by atoms with Crippen LogP contribution in [0.25, 0.3) is 0 Å². The fourth-order valence-electron chi connectivity index (χ4n) is 4.89. The molecule has 48 heavy (non-hydrogen) atoms. The second-order valence-corrected chi connectivity index (χ2v) is 11.8. The van der Waals surface area contributed by atoms with Crippen molar-refractivity contribution in [2.24, 2.45) is 17.4 Å². The third-order valence-electron chi connectivity index (χ3n) is 8.04. The zero-order chi connectivity index (χ0) is 36.6. The number of nitrogens with zero attached hydrogens (tertiary/aromatic N) is 1. The molecule has 13 N–H and O–H groups in total. The van der Waals surface area contributed by atoms with E-state index in [0.29, 0.717) is 32.2 Å². The SMILES string of the molecule is CCC(C)C(NC(=O)C1CCCN1C(=O)C(CCCCN)NC(=O)C(CO)NC(=O)C(CO)NC(=O)C(C)N)C(=O)NC(CO)C(=O)O. The second kappa shape index (κ2) is 21.1. The molecule has 8 atom stereocenters. The topological polar surface area (TPSA) is 316 Å². The van der Waals surface area contributed by atoms with E-state index >= 15 is 0 Å². The first-order valence-electron chi connectivity index (χ1n) is 16.0. The van der Waals surface area contributed by atoms with Gasteiger partial charge in [0.1, 0.15) is 36.3 Å². The highest BCUT2D eigenvalue weighted by Crippen LogP contribution is 2.21. The number of hydrogen-bond donors (Lipinski definition) is 11. The summed E-state index contributed by atoms with van der Waals surface area (Å²) in [5.74, 6) is -6.70. The lowest BCUT2D eigenvalue weighted by molar-refractivity contribution is -0.144. The normalized spacial score (nSPS) is 18.7. The molecule has 0 aromatic heterocycles. The minimum absolute atomic E-state index is 0.0953. The summed E-state index contributed by atoms with van der Waals surface area (Å²) in [6.45, 7) is 2.65. The molecule has 0 spiro atoms. The molecule has 1 heterocycles. The van der Waals surface area contributed by atoms with Gasteiger partial charge in [0, 0.05) is 6.54 Å². The van der Waals surface area contributed by atoms with Crippen molar-refractivity contribution in [1.82, 2.24) is 31.5 Å². The second-order valence-electron chi connectivity index (χ2n) is 11.8. The molecule has 19 heteroatoms. The minimum Gasteiger partial charge on any atom is -0.480 e. The summed E-state index contributed by atoms with van der Waals surface area (Å²) in [4.78, 5) is 90.6. The standard InChI is InChI=1S/C29H52N8O11/c1-4-15(2)22(27(45)35-20(14-40)29(47)48)36-26(44)21-9-7-11-37(21)28(46)17(8-5-6-10-30)32-24(42)19(13-39)34-25(43)18(12-38)33-23(41)16(3)31/h15-22,38-40H,4-14,30-31H2,1-3H3,(H,32,42)(H,33,41)(H,34,43)(H,35,45)(H,36,44)(H,47,48). The van der Waals surface area contributed by atoms with Crippen LogP contribution in [-0.2, 0) is 33.6 Å². The molecule has 1 aliphatic heterocycles. The van der Waals surface area contributed by atoms with Gasteiger partial charge < -0.3 is 63.4 Å². The van der Waals surface area contributed by atoms with E-state index in [0.717, 1.165) is 0 Å². The van der Waals surface area contributed by atoms with Gasteiger partial charge in [0.25, 0.3) is 0 Å². The quantitative estimate of drug-likeness (QED) is 0.0504. The first-order chi connectivity index (χ1) is 22.7. The van der Waals surface area contributed by atoms with E-state index in [1.54, 1.807) is 13.8 Å². The maximum absolute atomic E-state index is 13.8. The highest BCUT2D eigenvalue weighted by molar-refractivity contribution is 5.97. The van der Waals surface area contributed by atoms with Crippen molar-refractivity contribution in [3.63, 3.8) is 0 Å². The third kappa shape index (κ3) is 12.6. The highest BCUT2D eigenvalue weighted by Gasteiger charge is 2.40. The number of aliphatic hydroxyl groups is 3. The fraction of sp³-hybridized carbons (Fsp3) is 0.759. The molecule has 0 bridgehead atoms. The molecule has 6 amide bonds. The summed E-state index contributed by atoms with van der Waals surface area (Å²) in [5, 5.41) is 49.7. The molecule has 8 unspecified atom stereocenters. The van der Waals surface area contributed by atoms with Crippen LogP contribution in [0.1, 0.15) is 59.3 Å². The van der Waals surface area contributed by atoms with Crippen LogP contribution in [0.4, 0.5) is 0 Å². The van der Waals surface area contributed by atoms with Crippen molar-refractivity contribution in [3.8, 4) is 0 Å². The predicted octanol–water partition coefficient (Wildman–Crippen LogP) is -5.01. The molecule has 0 aromatic carbocycles. The Morgan fingerprint density at radius 2 is 1.29 bits per heavy atom. The van der Waals surface area contributed by atoms with Crippen molar-refractivity contribution in [2.75, 3.05) is 32.9 Å². The van der Waals surface area contributed by atoms with Crippen molar-refractivity contribution in [1.29, 1.82) is 0 Å². The Morgan fingerprint density at radius 1 is 0.771 bits per heavy atom. The maximum Gasteiger partial charge on any atom is 0.328 e. The Bertz CT molecular complexity index is 1120. The molecule has 0 aromatic rings. The molecule has 19 nitrogen and oxygen atoms in total. The maximum atomic E-state index is 13.8. The minimum atomic E-state index is -1.58. The molecule has 0 aliphatic carbocycles. The van der Waals surface area contributed by atoms with Crippen LogP contribution in [0.15, 0.2) is 0 Å². The number of hydrogen-bond acceptors (Lipinski definition) is 12. The van der Waals surface area contributed by atoms with Gasteiger partial charge in [-0.15, -0.1) is 0 Å². The predicted molar refractivity (Wildman–Crippen MR) is 169 cm³/mol. The largest absolute Gasteiger partial charge is 0.480 e. The molecular formula is C29H52N8O11. The van der Waals surface area contributed by atoms with E-state index in [1.165, 1.54) is 11.8 Å². The van der Waals surface area contributed by atoms with Crippen LogP contribution >= 0.6 is 0 Å². The monoisotopic (exact) mass is 688 g/mol. The van der Waals surface area contributed by atoms with Gasteiger partial charge in [-0.2, -0.15) is 0 Å². The van der Waals surface area contributed by atoms with E-state index in [9.17, 15) is 54.0 Å². The fourth-order valence-corrected chi connectivity index (χ4v) is 4.89. The number of amides is 6. The third-order valence-corrected chi connectivity index (χ3v) is 8.04. The average Bonchev–Trinajstić information content (AvgIpc) is 3.55. The molecule has 0 radical (unpaired) electrons. The summed E-state index contributed by atoms with van der Waals surface area (Å²) in [5.41, 5.74) is 11.1. The number of rotatable bonds is 21. The van der Waals surface area contributed by atoms with E-state index < -0.39 is 109 Å². The summed E-state index contributed by atoms with van der Waals surface area (Å²) in [7, 11) is 0. The molecule has 1 fully saturated rings. The van der Waals surface area contributed by atoms with Crippen LogP contribution in [-0.4, -0.2) is 142 Å². The Morgan fingerprint density at radius 3 is 1.77 bits per heavy atom. The first kappa shape index (κ1) is 42.1. The summed E-state index contributed by atoms with van der Waals surface area (Å²) in [6, 6.07) is -9.05. The highest BCUT2D eigenvalue weighted by atomic mass is 16.4. The molecular weight excluding hydrogens is 636 g/mol. The number of carboxylic acid groups (broad SMARTS) is 1. The number of carbonyl (C=O) groups is 7. The van der Waals surface area contributed by atoms with Crippen molar-refractivity contribution >= 4 is 41.4 Å². The average molecular weight is 689 g/mol. The summed E-state index contributed by atoms with van der Waals surface area (Å²) in [6.07, 6.45) is 2.07. The van der Waals surface area contributed by atoms with Crippen LogP contribution in [0.2, 0.25) is 0 Å². The van der Waals surface area contributed by atoms with Crippen molar-refractivity contribution in [3.05, 3.63) is 0 Å². The van der Waals surface area contributed by atoms with Crippen molar-refractivity contribution in [2.45, 2.75) is 102 Å². The summed E-state index contributed by atoms with van der Waals surface area (Å²) >= 11 is 0. The van der Waals surface area contributed by atoms with Crippen molar-refractivity contribution < 1.29 is 54.0 Å². The number of carbonyl (C=O) groups excluding carboxylic acids is 6. The Labute approximate surface area is 278 Å². The van der Waals surface area contributed by atoms with Gasteiger partial charge in [-0.05, 0) is 51.5 Å². The molecule has 1 aliphatic rings. The zero-order valence-electron chi connectivity index (χ0n) is 27.6. The van der Waals surface area contributed by atoms with E-state index in [2.05, 4.69) is 26.6 Å². The lowest BCUT2D eigenvalue weighted by Crippen LogP contribution is -2.61. The van der Waals surface area contributed by atoms with Crippen LogP contribution in [0.3, 0.4) is 0 Å². The number of aliphatic hydroxyl groups excluding tert-OH is 3. The summed E-state index contributed by atoms with van der Waals surface area (Å²) < 4.78 is 0. The van der Waals surface area contributed by atoms with Crippen LogP contribution < -0.4 is 38.1 Å². The van der Waals surface area contributed by atoms with E-state index in [4.69, 9.17) is 11.5 Å². The lowest BCUT2D eigenvalue weighted by Gasteiger charge is -2.31. The van der Waals surface area contributed by atoms with Gasteiger partial charge in [-0.25, -0.2) is 4.79 Å². The first-order valence-corrected chi connectivity index (χ1v) is 16.0. The zero-order valence-corrected chi connectivity index (χ0v) is 27.6. The lowest BCUT2D eigenvalue weighted by atomic mass is 9.97. The van der Waals surface area contributed by atoms with Crippen LogP contribution in [0, 0.1) is 5.92 Å². The Balaban J connectivity index is 3.15. The van der Waals surface area contributed by atoms with Gasteiger partial charge in [0.2, 0.25) is 35.4 Å². The number of nitrogens with two attached hydrogens (primary N) is 2. The number of carboxylic acids is 1. The number of nitrogens with one attached hydrogen (secondary N) is 5. The Hall–Kier alpha value is -3.91. The Kier molecular flexibility index (Phi) is 18.5.